The van der Waals surface area contributed by atoms with Crippen LogP contribution < -0.4 is 0 Å². The molecule has 1 aromatic heterocycles. The molecule has 1 saturated carbocycles. The molecule has 1 aromatic rings. The predicted octanol–water partition coefficient (Wildman–Crippen LogP) is 2.73. The molecule has 0 atom stereocenters. The van der Waals surface area contributed by atoms with Gasteiger partial charge in [0.1, 0.15) is 0 Å². The number of hydrogen-bond donors (Lipinski definition) is 0. The Morgan fingerprint density at radius 2 is 2.19 bits per heavy atom. The van der Waals surface area contributed by atoms with E-state index in [1.54, 1.807) is 0 Å². The van der Waals surface area contributed by atoms with Crippen molar-refractivity contribution in [2.75, 3.05) is 6.54 Å². The summed E-state index contributed by atoms with van der Waals surface area (Å²) in [5.74, 6) is 0.826. The van der Waals surface area contributed by atoms with Gasteiger partial charge in [-0.05, 0) is 43.7 Å². The van der Waals surface area contributed by atoms with Crippen molar-refractivity contribution in [1.82, 2.24) is 9.88 Å². The highest BCUT2D eigenvalue weighted by molar-refractivity contribution is 5.31. The van der Waals surface area contributed by atoms with Gasteiger partial charge in [-0.3, -0.25) is 9.88 Å². The largest absolute Gasteiger partial charge is 0.296 e. The number of fused-ring (bicyclic) bond motifs is 1. The molecule has 0 bridgehead atoms. The summed E-state index contributed by atoms with van der Waals surface area (Å²) < 4.78 is 0. The third-order valence-corrected chi connectivity index (χ3v) is 3.87. The van der Waals surface area contributed by atoms with E-state index in [1.165, 1.54) is 36.2 Å². The van der Waals surface area contributed by atoms with E-state index in [4.69, 9.17) is 0 Å². The van der Waals surface area contributed by atoms with Crippen LogP contribution in [0.3, 0.4) is 0 Å². The van der Waals surface area contributed by atoms with E-state index >= 15 is 0 Å². The van der Waals surface area contributed by atoms with Gasteiger partial charge in [-0.15, -0.1) is 0 Å². The Bertz CT molecular complexity index is 394. The highest BCUT2D eigenvalue weighted by atomic mass is 15.2. The van der Waals surface area contributed by atoms with Gasteiger partial charge in [0.05, 0.1) is 0 Å². The maximum Gasteiger partial charge on any atom is 0.0461 e. The second-order valence-electron chi connectivity index (χ2n) is 5.46. The van der Waals surface area contributed by atoms with Gasteiger partial charge in [-0.25, -0.2) is 0 Å². The summed E-state index contributed by atoms with van der Waals surface area (Å²) in [5.41, 5.74) is 4.29. The van der Waals surface area contributed by atoms with Crippen LogP contribution in [0.5, 0.6) is 0 Å². The minimum absolute atomic E-state index is 0.651. The highest BCUT2D eigenvalue weighted by Gasteiger charge is 2.26. The Kier molecular flexibility index (Phi) is 2.47. The fourth-order valence-electron chi connectivity index (χ4n) is 2.55. The lowest BCUT2D eigenvalue weighted by Crippen LogP contribution is -2.36. The summed E-state index contributed by atoms with van der Waals surface area (Å²) in [6.45, 7) is 6.83. The Morgan fingerprint density at radius 1 is 1.38 bits per heavy atom. The lowest BCUT2D eigenvalue weighted by Gasteiger charge is -2.31. The van der Waals surface area contributed by atoms with E-state index in [9.17, 15) is 0 Å². The average molecular weight is 216 g/mol. The maximum atomic E-state index is 4.65. The van der Waals surface area contributed by atoms with Crippen molar-refractivity contribution in [3.63, 3.8) is 0 Å². The Balaban J connectivity index is 1.86. The van der Waals surface area contributed by atoms with Crippen LogP contribution in [-0.4, -0.2) is 22.5 Å². The molecular formula is C14H20N2. The molecular weight excluding hydrogens is 196 g/mol. The number of aromatic nitrogens is 1. The molecule has 2 heterocycles. The fraction of sp³-hybridized carbons (Fsp3) is 0.643. The van der Waals surface area contributed by atoms with Gasteiger partial charge in [0.25, 0.3) is 0 Å². The molecule has 86 valence electrons. The molecule has 1 fully saturated rings. The van der Waals surface area contributed by atoms with Crippen molar-refractivity contribution < 1.29 is 0 Å². The molecule has 0 aromatic carbocycles. The van der Waals surface area contributed by atoms with E-state index < -0.39 is 0 Å². The van der Waals surface area contributed by atoms with Gasteiger partial charge in [0, 0.05) is 37.4 Å². The van der Waals surface area contributed by atoms with E-state index in [2.05, 4.69) is 36.0 Å². The summed E-state index contributed by atoms with van der Waals surface area (Å²) in [7, 11) is 0. The van der Waals surface area contributed by atoms with Crippen molar-refractivity contribution >= 4 is 0 Å². The zero-order valence-corrected chi connectivity index (χ0v) is 10.2. The zero-order valence-electron chi connectivity index (χ0n) is 10.2. The molecule has 3 rings (SSSR count). The monoisotopic (exact) mass is 216 g/mol. The summed E-state index contributed by atoms with van der Waals surface area (Å²) in [5, 5.41) is 0. The number of pyridine rings is 1. The fourth-order valence-corrected chi connectivity index (χ4v) is 2.55. The predicted molar refractivity (Wildman–Crippen MR) is 65.5 cm³/mol. The Labute approximate surface area is 97.7 Å². The first-order valence-corrected chi connectivity index (χ1v) is 6.46. The third-order valence-electron chi connectivity index (χ3n) is 3.87. The second-order valence-corrected chi connectivity index (χ2v) is 5.46. The van der Waals surface area contributed by atoms with Crippen LogP contribution >= 0.6 is 0 Å². The van der Waals surface area contributed by atoms with Crippen LogP contribution in [0.4, 0.5) is 0 Å². The standard InChI is InChI=1S/C14H20N2/c1-10(2)16-6-5-14-13(9-16)7-12(8-15-14)11-3-4-11/h7-8,10-11H,3-6,9H2,1-2H3. The molecule has 0 radical (unpaired) electrons. The molecule has 2 nitrogen and oxygen atoms in total. The molecule has 0 saturated heterocycles. The van der Waals surface area contributed by atoms with Crippen molar-refractivity contribution in [2.45, 2.75) is 51.6 Å². The summed E-state index contributed by atoms with van der Waals surface area (Å²) in [6, 6.07) is 3.06. The quantitative estimate of drug-likeness (QED) is 0.755. The molecule has 0 unspecified atom stereocenters. The first kappa shape index (κ1) is 10.3. The molecule has 2 heteroatoms. The van der Waals surface area contributed by atoms with Crippen LogP contribution in [0.15, 0.2) is 12.3 Å². The third kappa shape index (κ3) is 1.86. The molecule has 0 spiro atoms. The van der Waals surface area contributed by atoms with Crippen molar-refractivity contribution in [1.29, 1.82) is 0 Å². The van der Waals surface area contributed by atoms with Crippen LogP contribution in [0.1, 0.15) is 49.4 Å². The second kappa shape index (κ2) is 3.85. The Hall–Kier alpha value is -0.890. The van der Waals surface area contributed by atoms with Crippen LogP contribution in [0.25, 0.3) is 0 Å². The van der Waals surface area contributed by atoms with E-state index in [0.29, 0.717) is 6.04 Å². The van der Waals surface area contributed by atoms with Crippen molar-refractivity contribution in [3.8, 4) is 0 Å². The first-order valence-electron chi connectivity index (χ1n) is 6.46. The van der Waals surface area contributed by atoms with E-state index in [0.717, 1.165) is 18.9 Å². The van der Waals surface area contributed by atoms with Crippen LogP contribution in [0, 0.1) is 0 Å². The lowest BCUT2D eigenvalue weighted by atomic mass is 10.0. The summed E-state index contributed by atoms with van der Waals surface area (Å²) >= 11 is 0. The normalized spacial score (nSPS) is 21.2. The van der Waals surface area contributed by atoms with Gasteiger partial charge in [0.2, 0.25) is 0 Å². The number of hydrogen-bond acceptors (Lipinski definition) is 2. The topological polar surface area (TPSA) is 16.1 Å². The van der Waals surface area contributed by atoms with E-state index in [-0.39, 0.29) is 0 Å². The highest BCUT2D eigenvalue weighted by Crippen LogP contribution is 2.40. The smallest absolute Gasteiger partial charge is 0.0461 e. The molecule has 2 aliphatic rings. The van der Waals surface area contributed by atoms with Gasteiger partial charge >= 0.3 is 0 Å². The zero-order chi connectivity index (χ0) is 11.1. The average Bonchev–Trinajstić information content (AvgIpc) is 3.11. The molecule has 0 amide bonds. The molecule has 16 heavy (non-hydrogen) atoms. The minimum Gasteiger partial charge on any atom is -0.296 e. The maximum absolute atomic E-state index is 4.65. The SMILES string of the molecule is CC(C)N1CCc2ncc(C3CC3)cc2C1. The molecule has 1 aliphatic carbocycles. The van der Waals surface area contributed by atoms with Crippen molar-refractivity contribution in [2.24, 2.45) is 0 Å². The minimum atomic E-state index is 0.651. The van der Waals surface area contributed by atoms with Gasteiger partial charge in [-0.2, -0.15) is 0 Å². The molecule has 0 N–H and O–H groups in total. The van der Waals surface area contributed by atoms with Gasteiger partial charge < -0.3 is 0 Å². The first-order chi connectivity index (χ1) is 7.74. The van der Waals surface area contributed by atoms with Crippen LogP contribution in [0.2, 0.25) is 0 Å². The lowest BCUT2D eigenvalue weighted by molar-refractivity contribution is 0.201. The van der Waals surface area contributed by atoms with Gasteiger partial charge in [0.15, 0.2) is 0 Å². The van der Waals surface area contributed by atoms with Gasteiger partial charge in [-0.1, -0.05) is 6.07 Å². The molecule has 1 aliphatic heterocycles. The van der Waals surface area contributed by atoms with Crippen LogP contribution in [-0.2, 0) is 13.0 Å². The number of rotatable bonds is 2. The van der Waals surface area contributed by atoms with E-state index in [1.807, 2.05) is 0 Å². The Morgan fingerprint density at radius 3 is 2.88 bits per heavy atom. The summed E-state index contributed by atoms with van der Waals surface area (Å²) in [6.07, 6.45) is 5.97. The summed E-state index contributed by atoms with van der Waals surface area (Å²) in [4.78, 5) is 7.19. The number of nitrogens with zero attached hydrogens (tertiary/aromatic N) is 2. The van der Waals surface area contributed by atoms with Crippen molar-refractivity contribution in [3.05, 3.63) is 29.1 Å².